The molecule has 1 aromatic carbocycles. The molecule has 1 fully saturated rings. The van der Waals surface area contributed by atoms with E-state index in [0.717, 1.165) is 18.4 Å². The Morgan fingerprint density at radius 1 is 1.28 bits per heavy atom. The summed E-state index contributed by atoms with van der Waals surface area (Å²) in [6.07, 6.45) is 1.74. The molecule has 3 N–H and O–H groups in total. The first kappa shape index (κ1) is 11.2. The van der Waals surface area contributed by atoms with Crippen LogP contribution in [0.25, 0.3) is 0 Å². The Morgan fingerprint density at radius 3 is 2.56 bits per heavy atom. The van der Waals surface area contributed by atoms with Gasteiger partial charge in [0, 0.05) is 0 Å². The van der Waals surface area contributed by atoms with Gasteiger partial charge < -0.3 is 5.73 Å². The molecule has 1 saturated carbocycles. The van der Waals surface area contributed by atoms with Crippen molar-refractivity contribution in [3.8, 4) is 0 Å². The monoisotopic (exact) mass is 260 g/mol. The SMILES string of the molecule is Nc1nnc(NC(=O)C2(c3ccccc3)CC2)s1. The van der Waals surface area contributed by atoms with Crippen molar-refractivity contribution in [1.82, 2.24) is 10.2 Å². The summed E-state index contributed by atoms with van der Waals surface area (Å²) >= 11 is 1.18. The maximum atomic E-state index is 12.3. The molecule has 0 spiro atoms. The van der Waals surface area contributed by atoms with Crippen LogP contribution in [-0.4, -0.2) is 16.1 Å². The molecule has 1 aliphatic rings. The largest absolute Gasteiger partial charge is 0.374 e. The molecule has 0 saturated heterocycles. The number of carbonyl (C=O) groups is 1. The molecule has 1 amide bonds. The molecule has 1 heterocycles. The Bertz CT molecular complexity index is 577. The van der Waals surface area contributed by atoms with E-state index < -0.39 is 0 Å². The van der Waals surface area contributed by atoms with Gasteiger partial charge in [-0.15, -0.1) is 10.2 Å². The number of rotatable bonds is 3. The molecule has 1 aliphatic carbocycles. The number of amides is 1. The van der Waals surface area contributed by atoms with Crippen molar-refractivity contribution in [2.75, 3.05) is 11.1 Å². The standard InChI is InChI=1S/C12H12N4OS/c13-10-15-16-11(18-10)14-9(17)12(6-7-12)8-4-2-1-3-5-8/h1-5H,6-7H2,(H2,13,15)(H,14,16,17). The van der Waals surface area contributed by atoms with E-state index in [-0.39, 0.29) is 11.3 Å². The molecule has 0 aliphatic heterocycles. The average molecular weight is 260 g/mol. The fraction of sp³-hybridized carbons (Fsp3) is 0.250. The van der Waals surface area contributed by atoms with Gasteiger partial charge in [-0.2, -0.15) is 0 Å². The van der Waals surface area contributed by atoms with Crippen LogP contribution in [0.5, 0.6) is 0 Å². The van der Waals surface area contributed by atoms with E-state index in [1.54, 1.807) is 0 Å². The van der Waals surface area contributed by atoms with E-state index >= 15 is 0 Å². The molecule has 0 bridgehead atoms. The highest BCUT2D eigenvalue weighted by Gasteiger charge is 2.51. The first-order valence-corrected chi connectivity index (χ1v) is 6.48. The Kier molecular flexibility index (Phi) is 2.52. The average Bonchev–Trinajstić information content (AvgIpc) is 3.10. The lowest BCUT2D eigenvalue weighted by Gasteiger charge is -2.13. The van der Waals surface area contributed by atoms with Gasteiger partial charge in [-0.25, -0.2) is 0 Å². The molecule has 18 heavy (non-hydrogen) atoms. The number of hydrogen-bond acceptors (Lipinski definition) is 5. The van der Waals surface area contributed by atoms with E-state index in [9.17, 15) is 4.79 Å². The number of nitrogens with one attached hydrogen (secondary N) is 1. The predicted octanol–water partition coefficient (Wildman–Crippen LogP) is 1.79. The van der Waals surface area contributed by atoms with Gasteiger partial charge in [-0.1, -0.05) is 41.7 Å². The predicted molar refractivity (Wildman–Crippen MR) is 70.3 cm³/mol. The molecule has 3 rings (SSSR count). The summed E-state index contributed by atoms with van der Waals surface area (Å²) in [5, 5.41) is 11.1. The van der Waals surface area contributed by atoms with Crippen LogP contribution in [0.2, 0.25) is 0 Å². The minimum atomic E-state index is -0.387. The summed E-state index contributed by atoms with van der Waals surface area (Å²) in [6.45, 7) is 0. The van der Waals surface area contributed by atoms with Gasteiger partial charge in [0.15, 0.2) is 0 Å². The second-order valence-electron chi connectivity index (χ2n) is 4.35. The minimum Gasteiger partial charge on any atom is -0.374 e. The molecular weight excluding hydrogens is 248 g/mol. The second kappa shape index (κ2) is 4.06. The highest BCUT2D eigenvalue weighted by atomic mass is 32.1. The van der Waals surface area contributed by atoms with E-state index in [4.69, 9.17) is 5.73 Å². The number of carbonyl (C=O) groups excluding carboxylic acids is 1. The van der Waals surface area contributed by atoms with Gasteiger partial charge in [-0.05, 0) is 18.4 Å². The number of benzene rings is 1. The number of nitrogen functional groups attached to an aromatic ring is 1. The highest BCUT2D eigenvalue weighted by Crippen LogP contribution is 2.48. The molecule has 0 atom stereocenters. The van der Waals surface area contributed by atoms with Crippen molar-refractivity contribution in [1.29, 1.82) is 0 Å². The van der Waals surface area contributed by atoms with Gasteiger partial charge in [0.05, 0.1) is 5.41 Å². The first-order chi connectivity index (χ1) is 8.71. The zero-order valence-electron chi connectivity index (χ0n) is 9.59. The molecule has 5 nitrogen and oxygen atoms in total. The van der Waals surface area contributed by atoms with Crippen molar-refractivity contribution in [2.24, 2.45) is 0 Å². The molecule has 0 unspecified atom stereocenters. The smallest absolute Gasteiger partial charge is 0.236 e. The number of anilines is 2. The van der Waals surface area contributed by atoms with E-state index in [2.05, 4.69) is 15.5 Å². The lowest BCUT2D eigenvalue weighted by Crippen LogP contribution is -2.27. The third-order valence-electron chi connectivity index (χ3n) is 3.17. The van der Waals surface area contributed by atoms with Crippen LogP contribution in [0.4, 0.5) is 10.3 Å². The van der Waals surface area contributed by atoms with E-state index in [1.165, 1.54) is 11.3 Å². The first-order valence-electron chi connectivity index (χ1n) is 5.67. The second-order valence-corrected chi connectivity index (χ2v) is 5.36. The maximum Gasteiger partial charge on any atom is 0.236 e. The van der Waals surface area contributed by atoms with Crippen LogP contribution < -0.4 is 11.1 Å². The quantitative estimate of drug-likeness (QED) is 0.881. The molecule has 6 heteroatoms. The Labute approximate surface area is 108 Å². The topological polar surface area (TPSA) is 80.9 Å². The molecule has 92 valence electrons. The highest BCUT2D eigenvalue weighted by molar-refractivity contribution is 7.19. The van der Waals surface area contributed by atoms with Gasteiger partial charge in [0.2, 0.25) is 16.2 Å². The third kappa shape index (κ3) is 1.84. The van der Waals surface area contributed by atoms with Gasteiger partial charge in [-0.3, -0.25) is 10.1 Å². The van der Waals surface area contributed by atoms with Gasteiger partial charge >= 0.3 is 0 Å². The van der Waals surface area contributed by atoms with Crippen LogP contribution in [0.15, 0.2) is 30.3 Å². The summed E-state index contributed by atoms with van der Waals surface area (Å²) in [6, 6.07) is 9.82. The lowest BCUT2D eigenvalue weighted by atomic mass is 9.95. The molecular formula is C12H12N4OS. The number of aromatic nitrogens is 2. The van der Waals surface area contributed by atoms with Gasteiger partial charge in [0.25, 0.3) is 0 Å². The third-order valence-corrected chi connectivity index (χ3v) is 3.84. The summed E-state index contributed by atoms with van der Waals surface area (Å²) in [7, 11) is 0. The number of nitrogens with zero attached hydrogens (tertiary/aromatic N) is 2. The molecule has 1 aromatic heterocycles. The fourth-order valence-electron chi connectivity index (χ4n) is 2.03. The summed E-state index contributed by atoms with van der Waals surface area (Å²) in [5.41, 5.74) is 6.15. The zero-order chi connectivity index (χ0) is 12.6. The molecule has 0 radical (unpaired) electrons. The van der Waals surface area contributed by atoms with Crippen LogP contribution in [0.3, 0.4) is 0 Å². The summed E-state index contributed by atoms with van der Waals surface area (Å²) in [4.78, 5) is 12.3. The van der Waals surface area contributed by atoms with Crippen molar-refractivity contribution < 1.29 is 4.79 Å². The minimum absolute atomic E-state index is 0.0233. The fourth-order valence-corrected chi connectivity index (χ4v) is 2.54. The zero-order valence-corrected chi connectivity index (χ0v) is 10.4. The normalized spacial score (nSPS) is 16.2. The van der Waals surface area contributed by atoms with Crippen molar-refractivity contribution in [3.63, 3.8) is 0 Å². The summed E-state index contributed by atoms with van der Waals surface area (Å²) < 4.78 is 0. The van der Waals surface area contributed by atoms with E-state index in [0.29, 0.717) is 10.3 Å². The van der Waals surface area contributed by atoms with Crippen LogP contribution >= 0.6 is 11.3 Å². The van der Waals surface area contributed by atoms with Crippen molar-refractivity contribution in [2.45, 2.75) is 18.3 Å². The van der Waals surface area contributed by atoms with Crippen LogP contribution in [-0.2, 0) is 10.2 Å². The Morgan fingerprint density at radius 2 is 2.00 bits per heavy atom. The maximum absolute atomic E-state index is 12.3. The van der Waals surface area contributed by atoms with Crippen LogP contribution in [0, 0.1) is 0 Å². The number of nitrogens with two attached hydrogens (primary N) is 1. The van der Waals surface area contributed by atoms with Crippen molar-refractivity contribution in [3.05, 3.63) is 35.9 Å². The van der Waals surface area contributed by atoms with Crippen LogP contribution in [0.1, 0.15) is 18.4 Å². The number of hydrogen-bond donors (Lipinski definition) is 2. The summed E-state index contributed by atoms with van der Waals surface area (Å²) in [5.74, 6) is -0.0233. The Balaban J connectivity index is 1.81. The van der Waals surface area contributed by atoms with E-state index in [1.807, 2.05) is 30.3 Å². The van der Waals surface area contributed by atoms with Gasteiger partial charge in [0.1, 0.15) is 0 Å². The lowest BCUT2D eigenvalue weighted by molar-refractivity contribution is -0.118. The molecule has 2 aromatic rings. The Hall–Kier alpha value is -1.95. The van der Waals surface area contributed by atoms with Crippen molar-refractivity contribution >= 4 is 27.5 Å².